The topological polar surface area (TPSA) is 73.0 Å². The van der Waals surface area contributed by atoms with E-state index in [1.807, 2.05) is 19.9 Å². The van der Waals surface area contributed by atoms with Crippen molar-refractivity contribution in [2.45, 2.75) is 20.4 Å². The number of pyridine rings is 1. The molecule has 108 valence electrons. The highest BCUT2D eigenvalue weighted by molar-refractivity contribution is 5.83. The number of aryl methyl sites for hydroxylation is 2. The minimum atomic E-state index is -0.0773. The molecule has 3 heterocycles. The van der Waals surface area contributed by atoms with E-state index < -0.39 is 0 Å². The van der Waals surface area contributed by atoms with Crippen LogP contribution in [0.15, 0.2) is 33.9 Å². The van der Waals surface area contributed by atoms with Gasteiger partial charge in [-0.15, -0.1) is 0 Å². The summed E-state index contributed by atoms with van der Waals surface area (Å²) in [6.45, 7) is 4.38. The van der Waals surface area contributed by atoms with Crippen molar-refractivity contribution in [1.82, 2.24) is 14.5 Å². The highest BCUT2D eigenvalue weighted by atomic mass is 16.3. The molecule has 0 saturated carbocycles. The van der Waals surface area contributed by atoms with Crippen molar-refractivity contribution in [3.63, 3.8) is 0 Å². The fourth-order valence-corrected chi connectivity index (χ4v) is 2.42. The number of anilines is 1. The maximum atomic E-state index is 12.7. The molecular formula is C15H16N4O2. The van der Waals surface area contributed by atoms with Gasteiger partial charge in [0.2, 0.25) is 5.95 Å². The molecule has 0 amide bonds. The Morgan fingerprint density at radius 2 is 2.19 bits per heavy atom. The van der Waals surface area contributed by atoms with Crippen LogP contribution in [0.1, 0.15) is 12.6 Å². The van der Waals surface area contributed by atoms with E-state index in [4.69, 9.17) is 4.42 Å². The third-order valence-corrected chi connectivity index (χ3v) is 3.51. The van der Waals surface area contributed by atoms with E-state index in [-0.39, 0.29) is 5.56 Å². The van der Waals surface area contributed by atoms with Crippen LogP contribution in [0.5, 0.6) is 0 Å². The van der Waals surface area contributed by atoms with Gasteiger partial charge in [-0.2, -0.15) is 4.98 Å². The van der Waals surface area contributed by atoms with Crippen LogP contribution >= 0.6 is 0 Å². The van der Waals surface area contributed by atoms with E-state index in [9.17, 15) is 4.79 Å². The Labute approximate surface area is 121 Å². The van der Waals surface area contributed by atoms with Crippen LogP contribution in [0.3, 0.4) is 0 Å². The summed E-state index contributed by atoms with van der Waals surface area (Å²) in [4.78, 5) is 21.5. The number of hydrogen-bond acceptors (Lipinski definition) is 5. The van der Waals surface area contributed by atoms with Gasteiger partial charge < -0.3 is 9.73 Å². The van der Waals surface area contributed by atoms with Crippen molar-refractivity contribution in [3.05, 3.63) is 40.7 Å². The van der Waals surface area contributed by atoms with Gasteiger partial charge in [-0.25, -0.2) is 4.98 Å². The molecule has 3 aromatic heterocycles. The molecule has 0 saturated heterocycles. The van der Waals surface area contributed by atoms with Crippen molar-refractivity contribution < 1.29 is 4.42 Å². The number of furan rings is 1. The zero-order valence-electron chi connectivity index (χ0n) is 12.2. The van der Waals surface area contributed by atoms with E-state index in [1.165, 1.54) is 0 Å². The summed E-state index contributed by atoms with van der Waals surface area (Å²) in [5.74, 6) is 0.512. The fraction of sp³-hybridized carbons (Fsp3) is 0.267. The van der Waals surface area contributed by atoms with E-state index >= 15 is 0 Å². The summed E-state index contributed by atoms with van der Waals surface area (Å²) in [5, 5.41) is 3.79. The average Bonchev–Trinajstić information content (AvgIpc) is 3.00. The summed E-state index contributed by atoms with van der Waals surface area (Å²) in [7, 11) is 1.76. The zero-order chi connectivity index (χ0) is 15.0. The highest BCUT2D eigenvalue weighted by Gasteiger charge is 2.14. The molecule has 0 fully saturated rings. The number of rotatable bonds is 3. The number of nitrogens with zero attached hydrogens (tertiary/aromatic N) is 3. The van der Waals surface area contributed by atoms with E-state index in [2.05, 4.69) is 15.3 Å². The van der Waals surface area contributed by atoms with Gasteiger partial charge in [-0.3, -0.25) is 9.36 Å². The molecule has 21 heavy (non-hydrogen) atoms. The molecule has 0 atom stereocenters. The lowest BCUT2D eigenvalue weighted by atomic mass is 10.1. The Balaban J connectivity index is 2.42. The largest absolute Gasteiger partial charge is 0.472 e. The van der Waals surface area contributed by atoms with Gasteiger partial charge in [0, 0.05) is 24.5 Å². The standard InChI is InChI=1S/C15H16N4O2/c1-4-19-13-11(9(2)17-15(16-3)18-13)7-12(14(19)20)10-5-6-21-8-10/h5-8H,4H2,1-3H3,(H,16,17,18). The lowest BCUT2D eigenvalue weighted by Crippen LogP contribution is -2.22. The quantitative estimate of drug-likeness (QED) is 0.799. The van der Waals surface area contributed by atoms with E-state index in [1.54, 1.807) is 30.2 Å². The van der Waals surface area contributed by atoms with E-state index in [0.29, 0.717) is 23.7 Å². The Bertz CT molecular complexity index is 850. The minimum absolute atomic E-state index is 0.0773. The SMILES string of the molecule is CCn1c(=O)c(-c2ccoc2)cc2c(C)nc(NC)nc21. The van der Waals surface area contributed by atoms with Crippen LogP contribution in [0.25, 0.3) is 22.2 Å². The molecule has 6 nitrogen and oxygen atoms in total. The number of hydrogen-bond donors (Lipinski definition) is 1. The van der Waals surface area contributed by atoms with Crippen molar-refractivity contribution in [2.75, 3.05) is 12.4 Å². The molecule has 0 aliphatic carbocycles. The fourth-order valence-electron chi connectivity index (χ4n) is 2.42. The van der Waals surface area contributed by atoms with Crippen molar-refractivity contribution in [1.29, 1.82) is 0 Å². The van der Waals surface area contributed by atoms with Crippen molar-refractivity contribution >= 4 is 17.0 Å². The first-order valence-electron chi connectivity index (χ1n) is 6.78. The lowest BCUT2D eigenvalue weighted by Gasteiger charge is -2.12. The first kappa shape index (κ1) is 13.4. The van der Waals surface area contributed by atoms with Crippen LogP contribution in [0, 0.1) is 6.92 Å². The van der Waals surface area contributed by atoms with Gasteiger partial charge in [-0.05, 0) is 26.0 Å². The number of fused-ring (bicyclic) bond motifs is 1. The molecule has 1 N–H and O–H groups in total. The number of aromatic nitrogens is 3. The van der Waals surface area contributed by atoms with Crippen molar-refractivity contribution in [3.8, 4) is 11.1 Å². The zero-order valence-corrected chi connectivity index (χ0v) is 12.2. The molecule has 0 spiro atoms. The predicted octanol–water partition coefficient (Wildman–Crippen LogP) is 2.42. The van der Waals surface area contributed by atoms with E-state index in [0.717, 1.165) is 16.6 Å². The third kappa shape index (κ3) is 2.08. The summed E-state index contributed by atoms with van der Waals surface area (Å²) >= 11 is 0. The van der Waals surface area contributed by atoms with Crippen LogP contribution in [-0.4, -0.2) is 21.6 Å². The molecule has 0 aliphatic rings. The van der Waals surface area contributed by atoms with Crippen LogP contribution in [-0.2, 0) is 6.54 Å². The first-order chi connectivity index (χ1) is 10.2. The van der Waals surface area contributed by atoms with Gasteiger partial charge in [-0.1, -0.05) is 0 Å². The minimum Gasteiger partial charge on any atom is -0.472 e. The number of nitrogens with one attached hydrogen (secondary N) is 1. The second kappa shape index (κ2) is 5.05. The molecule has 0 aromatic carbocycles. The lowest BCUT2D eigenvalue weighted by molar-refractivity contribution is 0.568. The molecule has 0 aliphatic heterocycles. The molecule has 0 radical (unpaired) electrons. The Kier molecular flexibility index (Phi) is 3.21. The molecular weight excluding hydrogens is 268 g/mol. The normalized spacial score (nSPS) is 11.0. The average molecular weight is 284 g/mol. The van der Waals surface area contributed by atoms with Gasteiger partial charge in [0.25, 0.3) is 5.56 Å². The summed E-state index contributed by atoms with van der Waals surface area (Å²) in [6.07, 6.45) is 3.13. The maximum absolute atomic E-state index is 12.7. The molecule has 3 rings (SSSR count). The Morgan fingerprint density at radius 3 is 2.81 bits per heavy atom. The van der Waals surface area contributed by atoms with Gasteiger partial charge in [0.15, 0.2) is 0 Å². The highest BCUT2D eigenvalue weighted by Crippen LogP contribution is 2.23. The maximum Gasteiger partial charge on any atom is 0.260 e. The third-order valence-electron chi connectivity index (χ3n) is 3.51. The molecule has 0 bridgehead atoms. The van der Waals surface area contributed by atoms with Gasteiger partial charge in [0.1, 0.15) is 5.65 Å². The summed E-state index contributed by atoms with van der Waals surface area (Å²) in [5.41, 5.74) is 2.76. The molecule has 3 aromatic rings. The molecule has 6 heteroatoms. The predicted molar refractivity (Wildman–Crippen MR) is 81.5 cm³/mol. The molecule has 0 unspecified atom stereocenters. The monoisotopic (exact) mass is 284 g/mol. The Hall–Kier alpha value is -2.63. The Morgan fingerprint density at radius 1 is 1.38 bits per heavy atom. The van der Waals surface area contributed by atoms with Crippen LogP contribution in [0.2, 0.25) is 0 Å². The second-order valence-electron chi connectivity index (χ2n) is 4.74. The summed E-state index contributed by atoms with van der Waals surface area (Å²) in [6, 6.07) is 3.62. The summed E-state index contributed by atoms with van der Waals surface area (Å²) < 4.78 is 6.75. The van der Waals surface area contributed by atoms with Crippen LogP contribution in [0.4, 0.5) is 5.95 Å². The first-order valence-corrected chi connectivity index (χ1v) is 6.78. The smallest absolute Gasteiger partial charge is 0.260 e. The van der Waals surface area contributed by atoms with Crippen LogP contribution < -0.4 is 10.9 Å². The van der Waals surface area contributed by atoms with Gasteiger partial charge >= 0.3 is 0 Å². The van der Waals surface area contributed by atoms with Gasteiger partial charge in [0.05, 0.1) is 23.8 Å². The van der Waals surface area contributed by atoms with Crippen molar-refractivity contribution in [2.24, 2.45) is 0 Å². The second-order valence-corrected chi connectivity index (χ2v) is 4.74.